The number of benzene rings is 1. The maximum absolute atomic E-state index is 11.1. The number of likely N-dealkylation sites (tertiary alicyclic amines) is 1. The smallest absolute Gasteiger partial charge is 0.475 e. The summed E-state index contributed by atoms with van der Waals surface area (Å²) in [6, 6.07) is 7.95. The summed E-state index contributed by atoms with van der Waals surface area (Å²) in [6.07, 6.45) is -1.88. The molecular weight excluding hydrogens is 449 g/mol. The third-order valence-corrected chi connectivity index (χ3v) is 5.80. The Morgan fingerprint density at radius 2 is 1.90 bits per heavy atom. The lowest BCUT2D eigenvalue weighted by molar-refractivity contribution is -0.192. The van der Waals surface area contributed by atoms with E-state index < -0.39 is 22.2 Å². The molecule has 0 bridgehead atoms. The van der Waals surface area contributed by atoms with Gasteiger partial charge in [0.25, 0.3) is 0 Å². The summed E-state index contributed by atoms with van der Waals surface area (Å²) >= 11 is 5.90. The standard InChI is InChI=1S/C16H23ClN2O3S.C2HF3O2/c1-23(20,21)18-8-14-6-7-16(22-10-14)11-19(12-16)9-13-2-4-15(17)5-3-13;3-2(4,5)1(6)7/h2-5,14,18H,6-12H2,1H3;(H,6,7). The molecule has 2 aliphatic rings. The molecule has 2 fully saturated rings. The van der Waals surface area contributed by atoms with E-state index in [4.69, 9.17) is 26.2 Å². The van der Waals surface area contributed by atoms with Crippen LogP contribution in [0.4, 0.5) is 13.2 Å². The number of hydrogen-bond donors (Lipinski definition) is 2. The summed E-state index contributed by atoms with van der Waals surface area (Å²) in [5.74, 6) is -2.48. The zero-order valence-corrected chi connectivity index (χ0v) is 17.9. The van der Waals surface area contributed by atoms with Crippen molar-refractivity contribution < 1.29 is 36.2 Å². The molecule has 1 unspecified atom stereocenters. The number of carbonyl (C=O) groups is 1. The number of nitrogens with zero attached hydrogens (tertiary/aromatic N) is 1. The Balaban J connectivity index is 0.000000396. The molecule has 0 aromatic heterocycles. The van der Waals surface area contributed by atoms with Gasteiger partial charge in [-0.05, 0) is 36.5 Å². The number of rotatable bonds is 5. The number of aliphatic carboxylic acids is 1. The largest absolute Gasteiger partial charge is 0.490 e. The average Bonchev–Trinajstić information content (AvgIpc) is 2.61. The van der Waals surface area contributed by atoms with E-state index in [2.05, 4.69) is 21.8 Å². The van der Waals surface area contributed by atoms with Crippen molar-refractivity contribution in [1.82, 2.24) is 9.62 Å². The molecule has 1 aromatic rings. The highest BCUT2D eigenvalue weighted by Crippen LogP contribution is 2.36. The molecular formula is C18H24ClF3N2O5S. The Morgan fingerprint density at radius 1 is 1.33 bits per heavy atom. The molecule has 170 valence electrons. The lowest BCUT2D eigenvalue weighted by Gasteiger charge is -2.53. The van der Waals surface area contributed by atoms with E-state index in [-0.39, 0.29) is 11.5 Å². The van der Waals surface area contributed by atoms with E-state index in [1.165, 1.54) is 11.8 Å². The molecule has 30 heavy (non-hydrogen) atoms. The second kappa shape index (κ2) is 9.82. The molecule has 12 heteroatoms. The van der Waals surface area contributed by atoms with Gasteiger partial charge in [0.05, 0.1) is 18.5 Å². The number of alkyl halides is 3. The molecule has 1 spiro atoms. The van der Waals surface area contributed by atoms with Gasteiger partial charge in [-0.15, -0.1) is 0 Å². The van der Waals surface area contributed by atoms with Gasteiger partial charge in [0.2, 0.25) is 10.0 Å². The number of carboxylic acids is 1. The molecule has 2 heterocycles. The van der Waals surface area contributed by atoms with Gasteiger partial charge in [-0.25, -0.2) is 17.9 Å². The van der Waals surface area contributed by atoms with Gasteiger partial charge in [-0.2, -0.15) is 13.2 Å². The summed E-state index contributed by atoms with van der Waals surface area (Å²) in [5, 5.41) is 7.89. The van der Waals surface area contributed by atoms with Crippen LogP contribution in [-0.2, 0) is 26.1 Å². The minimum absolute atomic E-state index is 0.0198. The molecule has 0 saturated carbocycles. The van der Waals surface area contributed by atoms with Crippen molar-refractivity contribution in [3.8, 4) is 0 Å². The zero-order valence-electron chi connectivity index (χ0n) is 16.3. The highest BCUT2D eigenvalue weighted by atomic mass is 35.5. The monoisotopic (exact) mass is 472 g/mol. The summed E-state index contributed by atoms with van der Waals surface area (Å²) in [6.45, 7) is 3.92. The van der Waals surface area contributed by atoms with E-state index in [1.807, 2.05) is 12.1 Å². The van der Waals surface area contributed by atoms with Gasteiger partial charge in [-0.3, -0.25) is 4.90 Å². The molecule has 2 N–H and O–H groups in total. The van der Waals surface area contributed by atoms with Crippen molar-refractivity contribution in [3.63, 3.8) is 0 Å². The van der Waals surface area contributed by atoms with Crippen LogP contribution in [0, 0.1) is 5.92 Å². The van der Waals surface area contributed by atoms with Crippen LogP contribution in [0.25, 0.3) is 0 Å². The first-order valence-electron chi connectivity index (χ1n) is 9.13. The van der Waals surface area contributed by atoms with Crippen molar-refractivity contribution in [2.24, 2.45) is 5.92 Å². The number of hydrogen-bond acceptors (Lipinski definition) is 5. The fourth-order valence-electron chi connectivity index (χ4n) is 3.33. The molecule has 1 aromatic carbocycles. The lowest BCUT2D eigenvalue weighted by Crippen LogP contribution is -2.64. The number of carboxylic acid groups (broad SMARTS) is 1. The van der Waals surface area contributed by atoms with Crippen LogP contribution in [0.5, 0.6) is 0 Å². The molecule has 7 nitrogen and oxygen atoms in total. The average molecular weight is 473 g/mol. The molecule has 0 amide bonds. The molecule has 2 saturated heterocycles. The minimum atomic E-state index is -5.08. The Kier molecular flexibility index (Phi) is 8.14. The second-order valence-electron chi connectivity index (χ2n) is 7.59. The first kappa shape index (κ1) is 24.9. The Hall–Kier alpha value is -1.40. The first-order valence-corrected chi connectivity index (χ1v) is 11.4. The van der Waals surface area contributed by atoms with Crippen LogP contribution in [0.15, 0.2) is 24.3 Å². The zero-order chi connectivity index (χ0) is 22.6. The number of halogens is 4. The Bertz CT molecular complexity index is 817. The van der Waals surface area contributed by atoms with Crippen molar-refractivity contribution in [1.29, 1.82) is 0 Å². The van der Waals surface area contributed by atoms with Crippen LogP contribution < -0.4 is 4.72 Å². The number of nitrogens with one attached hydrogen (secondary N) is 1. The van der Waals surface area contributed by atoms with Crippen LogP contribution in [0.1, 0.15) is 18.4 Å². The number of sulfonamides is 1. The van der Waals surface area contributed by atoms with E-state index in [1.54, 1.807) is 0 Å². The van der Waals surface area contributed by atoms with Gasteiger partial charge >= 0.3 is 12.1 Å². The van der Waals surface area contributed by atoms with Crippen molar-refractivity contribution in [2.45, 2.75) is 31.2 Å². The summed E-state index contributed by atoms with van der Waals surface area (Å²) in [7, 11) is -3.11. The van der Waals surface area contributed by atoms with Gasteiger partial charge in [0.1, 0.15) is 0 Å². The van der Waals surface area contributed by atoms with Crippen LogP contribution in [0.2, 0.25) is 5.02 Å². The summed E-state index contributed by atoms with van der Waals surface area (Å²) < 4.78 is 62.7. The van der Waals surface area contributed by atoms with Gasteiger partial charge in [0.15, 0.2) is 0 Å². The van der Waals surface area contributed by atoms with Gasteiger partial charge in [-0.1, -0.05) is 23.7 Å². The van der Waals surface area contributed by atoms with E-state index >= 15 is 0 Å². The van der Waals surface area contributed by atoms with Gasteiger partial charge in [0, 0.05) is 31.2 Å². The molecule has 1 atom stereocenters. The van der Waals surface area contributed by atoms with Crippen molar-refractivity contribution in [2.75, 3.05) is 32.5 Å². The highest BCUT2D eigenvalue weighted by Gasteiger charge is 2.46. The summed E-state index contributed by atoms with van der Waals surface area (Å²) in [5.41, 5.74) is 1.24. The molecule has 2 aliphatic heterocycles. The van der Waals surface area contributed by atoms with Crippen LogP contribution in [0.3, 0.4) is 0 Å². The quantitative estimate of drug-likeness (QED) is 0.683. The van der Waals surface area contributed by atoms with Gasteiger partial charge < -0.3 is 9.84 Å². The predicted molar refractivity (Wildman–Crippen MR) is 105 cm³/mol. The number of ether oxygens (including phenoxy) is 1. The molecule has 0 aliphatic carbocycles. The Morgan fingerprint density at radius 3 is 2.33 bits per heavy atom. The SMILES string of the molecule is CS(=O)(=O)NCC1CCC2(CN(Cc3ccc(Cl)cc3)C2)OC1.O=C(O)C(F)(F)F. The molecule has 3 rings (SSSR count). The third kappa shape index (κ3) is 8.03. The Labute approximate surface area is 178 Å². The van der Waals surface area contributed by atoms with Crippen LogP contribution >= 0.6 is 11.6 Å². The minimum Gasteiger partial charge on any atom is -0.475 e. The molecule has 0 radical (unpaired) electrons. The highest BCUT2D eigenvalue weighted by molar-refractivity contribution is 7.88. The fraction of sp³-hybridized carbons (Fsp3) is 0.611. The van der Waals surface area contributed by atoms with Crippen molar-refractivity contribution >= 4 is 27.6 Å². The summed E-state index contributed by atoms with van der Waals surface area (Å²) in [4.78, 5) is 11.3. The third-order valence-electron chi connectivity index (χ3n) is 4.85. The first-order chi connectivity index (χ1) is 13.8. The second-order valence-corrected chi connectivity index (χ2v) is 9.86. The normalized spacial score (nSPS) is 21.4. The van der Waals surface area contributed by atoms with Crippen LogP contribution in [-0.4, -0.2) is 68.7 Å². The maximum atomic E-state index is 11.1. The van der Waals surface area contributed by atoms with E-state index in [0.717, 1.165) is 37.5 Å². The van der Waals surface area contributed by atoms with E-state index in [0.29, 0.717) is 13.2 Å². The predicted octanol–water partition coefficient (Wildman–Crippen LogP) is 2.50. The van der Waals surface area contributed by atoms with Crippen molar-refractivity contribution in [3.05, 3.63) is 34.9 Å². The van der Waals surface area contributed by atoms with E-state index in [9.17, 15) is 21.6 Å². The lowest BCUT2D eigenvalue weighted by atomic mass is 9.83. The fourth-order valence-corrected chi connectivity index (χ4v) is 3.99. The maximum Gasteiger partial charge on any atom is 0.490 e. The topological polar surface area (TPSA) is 95.9 Å².